The molecule has 1 aliphatic heterocycles. The van der Waals surface area contributed by atoms with Crippen LogP contribution in [0.15, 0.2) is 24.3 Å². The van der Waals surface area contributed by atoms with E-state index in [1.165, 1.54) is 11.1 Å². The van der Waals surface area contributed by atoms with Crippen LogP contribution in [-0.2, 0) is 10.3 Å². The molecular formula is C15H19NO2. The van der Waals surface area contributed by atoms with Crippen molar-refractivity contribution in [2.45, 2.75) is 30.4 Å². The van der Waals surface area contributed by atoms with Gasteiger partial charge in [0.05, 0.1) is 13.2 Å². The summed E-state index contributed by atoms with van der Waals surface area (Å²) in [6.07, 6.45) is 2.23. The van der Waals surface area contributed by atoms with Crippen molar-refractivity contribution in [2.24, 2.45) is 0 Å². The molecule has 0 amide bonds. The van der Waals surface area contributed by atoms with Gasteiger partial charge in [-0.25, -0.2) is 0 Å². The van der Waals surface area contributed by atoms with E-state index >= 15 is 0 Å². The van der Waals surface area contributed by atoms with Gasteiger partial charge in [-0.2, -0.15) is 0 Å². The quantitative estimate of drug-likeness (QED) is 0.813. The van der Waals surface area contributed by atoms with Crippen molar-refractivity contribution >= 4 is 0 Å². The van der Waals surface area contributed by atoms with Crippen molar-refractivity contribution in [3.8, 4) is 0 Å². The highest BCUT2D eigenvalue weighted by molar-refractivity contribution is 5.50. The number of morpholine rings is 1. The lowest BCUT2D eigenvalue weighted by Crippen LogP contribution is -2.56. The van der Waals surface area contributed by atoms with Gasteiger partial charge in [0.2, 0.25) is 0 Å². The first-order chi connectivity index (χ1) is 8.82. The van der Waals surface area contributed by atoms with Crippen molar-refractivity contribution < 1.29 is 9.84 Å². The van der Waals surface area contributed by atoms with E-state index in [2.05, 4.69) is 23.1 Å². The summed E-state index contributed by atoms with van der Waals surface area (Å²) >= 11 is 0. The van der Waals surface area contributed by atoms with Crippen LogP contribution in [0.4, 0.5) is 0 Å². The van der Waals surface area contributed by atoms with Crippen LogP contribution < -0.4 is 0 Å². The number of fused-ring (bicyclic) bond motifs is 4. The standard InChI is InChI=1S/C15H19NO2/c17-15-12-4-2-1-3-11(12)13(15)5-6-14(15)16-7-9-18-10-8-16/h1-4,13-14,17H,5-10H2/t13-,14+,15-/m0/s1. The number of rotatable bonds is 1. The predicted octanol–water partition coefficient (Wildman–Crippen LogP) is 1.47. The molecule has 3 heteroatoms. The molecular weight excluding hydrogens is 226 g/mol. The Morgan fingerprint density at radius 1 is 1.17 bits per heavy atom. The number of hydrogen-bond acceptors (Lipinski definition) is 3. The van der Waals surface area contributed by atoms with E-state index in [9.17, 15) is 5.11 Å². The van der Waals surface area contributed by atoms with Gasteiger partial charge >= 0.3 is 0 Å². The molecule has 0 unspecified atom stereocenters. The topological polar surface area (TPSA) is 32.7 Å². The summed E-state index contributed by atoms with van der Waals surface area (Å²) < 4.78 is 5.42. The van der Waals surface area contributed by atoms with Crippen LogP contribution >= 0.6 is 0 Å². The molecule has 4 rings (SSSR count). The van der Waals surface area contributed by atoms with Crippen LogP contribution in [0.1, 0.15) is 29.9 Å². The number of aliphatic hydroxyl groups is 1. The average molecular weight is 245 g/mol. The average Bonchev–Trinajstić information content (AvgIpc) is 2.72. The Labute approximate surface area is 107 Å². The van der Waals surface area contributed by atoms with Gasteiger partial charge in [-0.3, -0.25) is 4.90 Å². The zero-order valence-corrected chi connectivity index (χ0v) is 10.5. The molecule has 1 aromatic rings. The molecule has 1 heterocycles. The lowest BCUT2D eigenvalue weighted by molar-refractivity contribution is -0.0878. The fourth-order valence-electron chi connectivity index (χ4n) is 4.19. The Bertz CT molecular complexity index is 469. The zero-order chi connectivity index (χ0) is 12.2. The predicted molar refractivity (Wildman–Crippen MR) is 68.5 cm³/mol. The molecule has 18 heavy (non-hydrogen) atoms. The van der Waals surface area contributed by atoms with E-state index in [-0.39, 0.29) is 0 Å². The van der Waals surface area contributed by atoms with Crippen LogP contribution in [0, 0.1) is 0 Å². The smallest absolute Gasteiger partial charge is 0.112 e. The molecule has 0 bridgehead atoms. The Morgan fingerprint density at radius 2 is 1.94 bits per heavy atom. The number of ether oxygens (including phenoxy) is 1. The first kappa shape index (κ1) is 11.0. The minimum absolute atomic E-state index is 0.293. The van der Waals surface area contributed by atoms with E-state index in [1.54, 1.807) is 0 Å². The van der Waals surface area contributed by atoms with Gasteiger partial charge in [-0.05, 0) is 24.0 Å². The van der Waals surface area contributed by atoms with E-state index in [1.807, 2.05) is 6.07 Å². The molecule has 2 fully saturated rings. The molecule has 3 aliphatic rings. The van der Waals surface area contributed by atoms with Gasteiger partial charge in [0, 0.05) is 25.0 Å². The van der Waals surface area contributed by atoms with Crippen molar-refractivity contribution in [3.05, 3.63) is 35.4 Å². The lowest BCUT2D eigenvalue weighted by atomic mass is 9.64. The highest BCUT2D eigenvalue weighted by Crippen LogP contribution is 2.60. The van der Waals surface area contributed by atoms with Gasteiger partial charge < -0.3 is 9.84 Å². The molecule has 0 spiro atoms. The minimum atomic E-state index is -0.589. The van der Waals surface area contributed by atoms with Crippen molar-refractivity contribution in [1.82, 2.24) is 4.90 Å². The van der Waals surface area contributed by atoms with Gasteiger partial charge in [0.25, 0.3) is 0 Å². The molecule has 2 aliphatic carbocycles. The normalized spacial score (nSPS) is 38.9. The SMILES string of the molecule is O[C@@]12c3ccccc3[C@@H]1CC[C@H]2N1CCOCC1. The molecule has 3 nitrogen and oxygen atoms in total. The summed E-state index contributed by atoms with van der Waals surface area (Å²) in [5.74, 6) is 0.363. The fraction of sp³-hybridized carbons (Fsp3) is 0.600. The van der Waals surface area contributed by atoms with E-state index in [0.717, 1.165) is 39.1 Å². The molecule has 3 atom stereocenters. The number of nitrogens with zero attached hydrogens (tertiary/aromatic N) is 1. The van der Waals surface area contributed by atoms with Gasteiger partial charge in [-0.15, -0.1) is 0 Å². The van der Waals surface area contributed by atoms with Crippen LogP contribution in [-0.4, -0.2) is 42.4 Å². The fourth-order valence-corrected chi connectivity index (χ4v) is 4.19. The van der Waals surface area contributed by atoms with Crippen LogP contribution in [0.5, 0.6) is 0 Å². The minimum Gasteiger partial charge on any atom is -0.383 e. The number of hydrogen-bond donors (Lipinski definition) is 1. The second-order valence-electron chi connectivity index (χ2n) is 5.71. The van der Waals surface area contributed by atoms with E-state index in [0.29, 0.717) is 12.0 Å². The maximum absolute atomic E-state index is 11.1. The van der Waals surface area contributed by atoms with E-state index < -0.39 is 5.60 Å². The van der Waals surface area contributed by atoms with Crippen LogP contribution in [0.2, 0.25) is 0 Å². The molecule has 1 saturated heterocycles. The monoisotopic (exact) mass is 245 g/mol. The molecule has 1 saturated carbocycles. The molecule has 0 radical (unpaired) electrons. The Hall–Kier alpha value is -0.900. The summed E-state index contributed by atoms with van der Waals surface area (Å²) in [6.45, 7) is 3.53. The summed E-state index contributed by atoms with van der Waals surface area (Å²) in [5, 5.41) is 11.1. The molecule has 96 valence electrons. The lowest BCUT2D eigenvalue weighted by Gasteiger charge is -2.49. The second-order valence-corrected chi connectivity index (χ2v) is 5.71. The first-order valence-electron chi connectivity index (χ1n) is 6.95. The highest BCUT2D eigenvalue weighted by atomic mass is 16.5. The summed E-state index contributed by atoms with van der Waals surface area (Å²) in [4.78, 5) is 2.43. The van der Waals surface area contributed by atoms with Crippen molar-refractivity contribution in [3.63, 3.8) is 0 Å². The first-order valence-corrected chi connectivity index (χ1v) is 6.95. The maximum Gasteiger partial charge on any atom is 0.112 e. The molecule has 0 aromatic heterocycles. The third-order valence-electron chi connectivity index (χ3n) is 5.02. The highest BCUT2D eigenvalue weighted by Gasteiger charge is 2.60. The van der Waals surface area contributed by atoms with Crippen LogP contribution in [0.25, 0.3) is 0 Å². The molecule has 1 aromatic carbocycles. The summed E-state index contributed by atoms with van der Waals surface area (Å²) in [6, 6.07) is 8.70. The Balaban J connectivity index is 1.68. The van der Waals surface area contributed by atoms with Gasteiger partial charge in [-0.1, -0.05) is 24.3 Å². The van der Waals surface area contributed by atoms with Crippen molar-refractivity contribution in [1.29, 1.82) is 0 Å². The maximum atomic E-state index is 11.1. The van der Waals surface area contributed by atoms with Gasteiger partial charge in [0.1, 0.15) is 5.60 Å². The third-order valence-corrected chi connectivity index (χ3v) is 5.02. The summed E-state index contributed by atoms with van der Waals surface area (Å²) in [5.41, 5.74) is 1.95. The Morgan fingerprint density at radius 3 is 2.78 bits per heavy atom. The molecule has 1 N–H and O–H groups in total. The summed E-state index contributed by atoms with van der Waals surface area (Å²) in [7, 11) is 0. The van der Waals surface area contributed by atoms with E-state index in [4.69, 9.17) is 4.74 Å². The van der Waals surface area contributed by atoms with Gasteiger partial charge in [0.15, 0.2) is 0 Å². The Kier molecular flexibility index (Phi) is 2.31. The second kappa shape index (κ2) is 3.80. The zero-order valence-electron chi connectivity index (χ0n) is 10.5. The van der Waals surface area contributed by atoms with Crippen LogP contribution in [0.3, 0.4) is 0 Å². The third kappa shape index (κ3) is 1.25. The largest absolute Gasteiger partial charge is 0.383 e. The van der Waals surface area contributed by atoms with Crippen molar-refractivity contribution in [2.75, 3.05) is 26.3 Å². The number of benzene rings is 1.